The van der Waals surface area contributed by atoms with Crippen molar-refractivity contribution in [3.8, 4) is 11.1 Å². The van der Waals surface area contributed by atoms with Crippen molar-refractivity contribution in [1.82, 2.24) is 14.9 Å². The monoisotopic (exact) mass is 474 g/mol. The molecule has 4 aromatic carbocycles. The fraction of sp³-hybridized carbons (Fsp3) is 0.100. The van der Waals surface area contributed by atoms with E-state index in [4.69, 9.17) is 0 Å². The first-order valence-electron chi connectivity index (χ1n) is 11.8. The third-order valence-corrected chi connectivity index (χ3v) is 6.10. The van der Waals surface area contributed by atoms with Gasteiger partial charge in [0.25, 0.3) is 5.56 Å². The van der Waals surface area contributed by atoms with Crippen LogP contribution in [0.4, 0.5) is 10.5 Å². The molecule has 5 rings (SSSR count). The van der Waals surface area contributed by atoms with E-state index in [0.717, 1.165) is 22.3 Å². The minimum Gasteiger partial charge on any atom is -0.334 e. The Morgan fingerprint density at radius 1 is 0.806 bits per heavy atom. The Morgan fingerprint density at radius 2 is 1.47 bits per heavy atom. The van der Waals surface area contributed by atoms with Crippen LogP contribution in [0, 0.1) is 6.92 Å². The molecule has 0 radical (unpaired) electrons. The lowest BCUT2D eigenvalue weighted by molar-refractivity contribution is 0.251. The molecule has 0 spiro atoms. The second-order valence-electron chi connectivity index (χ2n) is 8.64. The summed E-state index contributed by atoms with van der Waals surface area (Å²) >= 11 is 0. The van der Waals surface area contributed by atoms with Crippen LogP contribution >= 0.6 is 0 Å². The zero-order chi connectivity index (χ0) is 24.9. The van der Waals surface area contributed by atoms with Gasteiger partial charge in [0.05, 0.1) is 17.4 Å². The Morgan fingerprint density at radius 3 is 2.19 bits per heavy atom. The summed E-state index contributed by atoms with van der Waals surface area (Å²) in [6.07, 6.45) is 0. The third-order valence-electron chi connectivity index (χ3n) is 6.10. The number of aryl methyl sites for hydroxylation is 1. The average molecular weight is 475 g/mol. The summed E-state index contributed by atoms with van der Waals surface area (Å²) in [4.78, 5) is 30.4. The maximum Gasteiger partial charge on any atom is 0.319 e. The van der Waals surface area contributed by atoms with Gasteiger partial charge in [-0.05, 0) is 47.4 Å². The number of benzene rings is 4. The highest BCUT2D eigenvalue weighted by atomic mass is 16.2. The molecule has 178 valence electrons. The highest BCUT2D eigenvalue weighted by molar-refractivity contribution is 5.92. The number of nitrogens with zero attached hydrogens (tertiary/aromatic N) is 2. The van der Waals surface area contributed by atoms with Crippen molar-refractivity contribution in [2.24, 2.45) is 0 Å². The smallest absolute Gasteiger partial charge is 0.319 e. The van der Waals surface area contributed by atoms with E-state index in [1.807, 2.05) is 67.6 Å². The SMILES string of the molecule is Cc1nc2ccc(NC(=O)NCc3ccccc3)cc2c(=O)n1Cc1ccc(-c2ccccc2)cc1. The van der Waals surface area contributed by atoms with Crippen molar-refractivity contribution >= 4 is 22.6 Å². The Hall–Kier alpha value is -4.71. The normalized spacial score (nSPS) is 10.8. The lowest BCUT2D eigenvalue weighted by Gasteiger charge is -2.13. The van der Waals surface area contributed by atoms with E-state index in [9.17, 15) is 9.59 Å². The molecular formula is C30H26N4O2. The van der Waals surface area contributed by atoms with Crippen LogP contribution in [0.25, 0.3) is 22.0 Å². The van der Waals surface area contributed by atoms with Crippen LogP contribution < -0.4 is 16.2 Å². The van der Waals surface area contributed by atoms with Crippen molar-refractivity contribution in [2.75, 3.05) is 5.32 Å². The summed E-state index contributed by atoms with van der Waals surface area (Å²) in [6, 6.07) is 32.9. The number of amides is 2. The van der Waals surface area contributed by atoms with E-state index in [2.05, 4.69) is 39.9 Å². The molecule has 0 aliphatic heterocycles. The first-order valence-corrected chi connectivity index (χ1v) is 11.8. The van der Waals surface area contributed by atoms with E-state index in [1.165, 1.54) is 0 Å². The predicted molar refractivity (Wildman–Crippen MR) is 144 cm³/mol. The van der Waals surface area contributed by atoms with E-state index >= 15 is 0 Å². The molecule has 2 N–H and O–H groups in total. The van der Waals surface area contributed by atoms with E-state index < -0.39 is 0 Å². The number of rotatable bonds is 6. The first kappa shape index (κ1) is 23.1. The van der Waals surface area contributed by atoms with Crippen LogP contribution in [0.1, 0.15) is 17.0 Å². The largest absolute Gasteiger partial charge is 0.334 e. The number of nitrogens with one attached hydrogen (secondary N) is 2. The van der Waals surface area contributed by atoms with Gasteiger partial charge in [0.15, 0.2) is 0 Å². The quantitative estimate of drug-likeness (QED) is 0.329. The molecule has 0 atom stereocenters. The van der Waals surface area contributed by atoms with E-state index in [0.29, 0.717) is 35.5 Å². The number of fused-ring (bicyclic) bond motifs is 1. The van der Waals surface area contributed by atoms with Gasteiger partial charge < -0.3 is 10.6 Å². The molecule has 0 bridgehead atoms. The summed E-state index contributed by atoms with van der Waals surface area (Å²) < 4.78 is 1.67. The summed E-state index contributed by atoms with van der Waals surface area (Å²) in [5.41, 5.74) is 5.29. The van der Waals surface area contributed by atoms with Gasteiger partial charge in [-0.25, -0.2) is 9.78 Å². The van der Waals surface area contributed by atoms with Gasteiger partial charge in [-0.3, -0.25) is 9.36 Å². The zero-order valence-corrected chi connectivity index (χ0v) is 19.9. The molecule has 1 aromatic heterocycles. The molecule has 0 aliphatic carbocycles. The van der Waals surface area contributed by atoms with Gasteiger partial charge in [0, 0.05) is 12.2 Å². The first-order chi connectivity index (χ1) is 17.6. The van der Waals surface area contributed by atoms with Gasteiger partial charge in [-0.15, -0.1) is 0 Å². The van der Waals surface area contributed by atoms with Gasteiger partial charge in [0.1, 0.15) is 5.82 Å². The minimum atomic E-state index is -0.336. The molecule has 2 amide bonds. The molecule has 0 saturated heterocycles. The Labute approximate surface area is 209 Å². The van der Waals surface area contributed by atoms with Crippen LogP contribution in [-0.4, -0.2) is 15.6 Å². The number of carbonyl (C=O) groups excluding carboxylic acids is 1. The summed E-state index contributed by atoms with van der Waals surface area (Å²) in [5, 5.41) is 6.10. The lowest BCUT2D eigenvalue weighted by atomic mass is 10.0. The second kappa shape index (κ2) is 10.3. The molecule has 6 heteroatoms. The number of urea groups is 1. The second-order valence-corrected chi connectivity index (χ2v) is 8.64. The third kappa shape index (κ3) is 5.18. The Balaban J connectivity index is 1.34. The number of hydrogen-bond donors (Lipinski definition) is 2. The van der Waals surface area contributed by atoms with Crippen molar-refractivity contribution in [1.29, 1.82) is 0 Å². The highest BCUT2D eigenvalue weighted by Crippen LogP contribution is 2.20. The molecule has 1 heterocycles. The molecule has 5 aromatic rings. The van der Waals surface area contributed by atoms with Gasteiger partial charge in [-0.1, -0.05) is 84.9 Å². The van der Waals surface area contributed by atoms with E-state index in [1.54, 1.807) is 22.8 Å². The van der Waals surface area contributed by atoms with Crippen molar-refractivity contribution in [3.63, 3.8) is 0 Å². The van der Waals surface area contributed by atoms with Crippen molar-refractivity contribution in [3.05, 3.63) is 130 Å². The zero-order valence-electron chi connectivity index (χ0n) is 19.9. The fourth-order valence-electron chi connectivity index (χ4n) is 4.17. The molecule has 6 nitrogen and oxygen atoms in total. The molecule has 0 fully saturated rings. The topological polar surface area (TPSA) is 76.0 Å². The standard InChI is InChI=1S/C30H26N4O2/c1-21-32-28-17-16-26(33-30(36)31-19-22-8-4-2-5-9-22)18-27(28)29(35)34(21)20-23-12-14-25(15-13-23)24-10-6-3-7-11-24/h2-18H,19-20H2,1H3,(H2,31,33,36). The number of anilines is 1. The summed E-state index contributed by atoms with van der Waals surface area (Å²) in [7, 11) is 0. The Kier molecular flexibility index (Phi) is 6.58. The molecule has 0 unspecified atom stereocenters. The minimum absolute atomic E-state index is 0.141. The van der Waals surface area contributed by atoms with Crippen LogP contribution in [0.3, 0.4) is 0 Å². The van der Waals surface area contributed by atoms with Crippen LogP contribution in [0.2, 0.25) is 0 Å². The van der Waals surface area contributed by atoms with Crippen LogP contribution in [0.5, 0.6) is 0 Å². The maximum absolute atomic E-state index is 13.4. The van der Waals surface area contributed by atoms with Gasteiger partial charge in [-0.2, -0.15) is 0 Å². The summed E-state index contributed by atoms with van der Waals surface area (Å²) in [5.74, 6) is 0.640. The average Bonchev–Trinajstić information content (AvgIpc) is 2.92. The van der Waals surface area contributed by atoms with Gasteiger partial charge >= 0.3 is 6.03 Å². The summed E-state index contributed by atoms with van der Waals surface area (Å²) in [6.45, 7) is 2.66. The molecule has 0 saturated carbocycles. The lowest BCUT2D eigenvalue weighted by Crippen LogP contribution is -2.28. The van der Waals surface area contributed by atoms with Crippen LogP contribution in [0.15, 0.2) is 108 Å². The van der Waals surface area contributed by atoms with Crippen molar-refractivity contribution < 1.29 is 4.79 Å². The Bertz CT molecular complexity index is 1560. The van der Waals surface area contributed by atoms with Gasteiger partial charge in [0.2, 0.25) is 0 Å². The van der Waals surface area contributed by atoms with Crippen molar-refractivity contribution in [2.45, 2.75) is 20.0 Å². The molecule has 36 heavy (non-hydrogen) atoms. The molecular weight excluding hydrogens is 448 g/mol. The van der Waals surface area contributed by atoms with Crippen LogP contribution in [-0.2, 0) is 13.1 Å². The molecule has 0 aliphatic rings. The predicted octanol–water partition coefficient (Wildman–Crippen LogP) is 5.74. The number of carbonyl (C=O) groups is 1. The number of aromatic nitrogens is 2. The van der Waals surface area contributed by atoms with E-state index in [-0.39, 0.29) is 11.6 Å². The highest BCUT2D eigenvalue weighted by Gasteiger charge is 2.11. The maximum atomic E-state index is 13.4. The number of hydrogen-bond acceptors (Lipinski definition) is 3. The fourth-order valence-corrected chi connectivity index (χ4v) is 4.17.